The third kappa shape index (κ3) is 4.40. The summed E-state index contributed by atoms with van der Waals surface area (Å²) in [5.41, 5.74) is 10.1. The Bertz CT molecular complexity index is 188. The zero-order valence-electron chi connectivity index (χ0n) is 6.90. The van der Waals surface area contributed by atoms with Crippen molar-refractivity contribution in [1.29, 1.82) is 0 Å². The van der Waals surface area contributed by atoms with E-state index in [2.05, 4.69) is 15.6 Å². The topological polar surface area (TPSA) is 98.1 Å². The third-order valence-corrected chi connectivity index (χ3v) is 1.40. The van der Waals surface area contributed by atoms with Crippen molar-refractivity contribution < 1.29 is 9.90 Å². The lowest BCUT2D eigenvalue weighted by Gasteiger charge is -2.05. The Morgan fingerprint density at radius 3 is 2.92 bits per heavy atom. The van der Waals surface area contributed by atoms with Crippen LogP contribution >= 0.6 is 0 Å². The number of rotatable bonds is 6. The summed E-state index contributed by atoms with van der Waals surface area (Å²) < 4.78 is 0. The zero-order valence-corrected chi connectivity index (χ0v) is 6.90. The van der Waals surface area contributed by atoms with E-state index in [9.17, 15) is 4.79 Å². The largest absolute Gasteiger partial charge is 0.478 e. The fourth-order valence-electron chi connectivity index (χ4n) is 0.747. The number of carbonyl (C=O) groups is 1. The van der Waals surface area contributed by atoms with Gasteiger partial charge in [0, 0.05) is 0 Å². The molecule has 1 atom stereocenters. The number of unbranched alkanes of at least 4 members (excludes halogenated alkanes) is 1. The smallest absolute Gasteiger partial charge is 0.349 e. The summed E-state index contributed by atoms with van der Waals surface area (Å²) in [5.74, 6) is -0.990. The van der Waals surface area contributed by atoms with Crippen molar-refractivity contribution >= 4 is 5.97 Å². The highest BCUT2D eigenvalue weighted by atomic mass is 16.4. The maximum Gasteiger partial charge on any atom is 0.349 e. The molecule has 6 nitrogen and oxygen atoms in total. The summed E-state index contributed by atoms with van der Waals surface area (Å²) in [6.45, 7) is 1.96. The third-order valence-electron chi connectivity index (χ3n) is 1.40. The summed E-state index contributed by atoms with van der Waals surface area (Å²) in [6.07, 6.45) is 2.19. The molecule has 68 valence electrons. The molecule has 0 saturated carbocycles. The number of hydrogen-bond acceptors (Lipinski definition) is 2. The van der Waals surface area contributed by atoms with Gasteiger partial charge in [-0.15, -0.1) is 5.53 Å². The number of hydrogen-bond donors (Lipinski definition) is 2. The summed E-state index contributed by atoms with van der Waals surface area (Å²) in [4.78, 5) is 12.9. The first-order chi connectivity index (χ1) is 5.72. The van der Waals surface area contributed by atoms with E-state index in [-0.39, 0.29) is 0 Å². The van der Waals surface area contributed by atoms with Gasteiger partial charge < -0.3 is 5.11 Å². The number of azide groups is 1. The Morgan fingerprint density at radius 1 is 1.83 bits per heavy atom. The highest BCUT2D eigenvalue weighted by Gasteiger charge is 2.17. The first-order valence-corrected chi connectivity index (χ1v) is 3.74. The molecule has 0 aliphatic carbocycles. The van der Waals surface area contributed by atoms with Crippen molar-refractivity contribution in [3.63, 3.8) is 0 Å². The molecule has 0 radical (unpaired) electrons. The van der Waals surface area contributed by atoms with Gasteiger partial charge in [0.05, 0.1) is 0 Å². The van der Waals surface area contributed by atoms with E-state index < -0.39 is 12.0 Å². The second-order valence-corrected chi connectivity index (χ2v) is 2.35. The number of carboxylic acid groups (broad SMARTS) is 1. The lowest BCUT2D eigenvalue weighted by molar-refractivity contribution is -0.139. The van der Waals surface area contributed by atoms with Crippen LogP contribution in [0.25, 0.3) is 10.4 Å². The average molecular weight is 172 g/mol. The SMILES string of the molecule is CCCCC(NN=[N+]=[N-])C(=O)O. The van der Waals surface area contributed by atoms with Crippen LogP contribution in [-0.2, 0) is 4.79 Å². The van der Waals surface area contributed by atoms with Crippen LogP contribution in [-0.4, -0.2) is 17.1 Å². The van der Waals surface area contributed by atoms with E-state index in [1.54, 1.807) is 0 Å². The minimum absolute atomic E-state index is 0.477. The molecule has 0 spiro atoms. The van der Waals surface area contributed by atoms with Crippen LogP contribution in [0.1, 0.15) is 26.2 Å². The molecule has 0 fully saturated rings. The van der Waals surface area contributed by atoms with E-state index in [0.717, 1.165) is 12.8 Å². The van der Waals surface area contributed by atoms with Crippen molar-refractivity contribution in [1.82, 2.24) is 5.43 Å². The molecule has 0 aromatic rings. The first kappa shape index (κ1) is 10.6. The van der Waals surface area contributed by atoms with Gasteiger partial charge in [0.1, 0.15) is 0 Å². The molecule has 0 saturated heterocycles. The fraction of sp³-hybridized carbons (Fsp3) is 0.833. The number of aliphatic carboxylic acids is 1. The molecule has 0 amide bonds. The maximum atomic E-state index is 10.5. The van der Waals surface area contributed by atoms with Gasteiger partial charge in [0.25, 0.3) is 0 Å². The lowest BCUT2D eigenvalue weighted by Crippen LogP contribution is -2.32. The van der Waals surface area contributed by atoms with E-state index >= 15 is 0 Å². The van der Waals surface area contributed by atoms with Crippen LogP contribution in [0.4, 0.5) is 0 Å². The van der Waals surface area contributed by atoms with Crippen LogP contribution in [0, 0.1) is 0 Å². The first-order valence-electron chi connectivity index (χ1n) is 3.74. The van der Waals surface area contributed by atoms with Crippen molar-refractivity contribution in [3.8, 4) is 0 Å². The number of carboxylic acids is 1. The molecule has 0 aromatic heterocycles. The van der Waals surface area contributed by atoms with Gasteiger partial charge in [0.2, 0.25) is 0 Å². The van der Waals surface area contributed by atoms with Crippen molar-refractivity contribution in [2.45, 2.75) is 32.2 Å². The molecule has 0 rings (SSSR count). The van der Waals surface area contributed by atoms with Crippen LogP contribution < -0.4 is 5.43 Å². The van der Waals surface area contributed by atoms with Crippen LogP contribution in [0.5, 0.6) is 0 Å². The standard InChI is InChI=1S/C6H12N4O2/c1-2-3-4-5(6(11)12)8-10-9-7/h5,8H,2-4H2,1H3,(H,11,12). The number of nitrogens with one attached hydrogen (secondary N) is 1. The molecule has 0 bridgehead atoms. The zero-order chi connectivity index (χ0) is 9.40. The van der Waals surface area contributed by atoms with Gasteiger partial charge in [0.15, 0.2) is 6.04 Å². The molecule has 0 aliphatic heterocycles. The second kappa shape index (κ2) is 6.30. The normalized spacial score (nSPS) is 11.4. The molecule has 2 N–H and O–H groups in total. The summed E-state index contributed by atoms with van der Waals surface area (Å²) in [7, 11) is 0. The van der Waals surface area contributed by atoms with Gasteiger partial charge >= 0.3 is 5.97 Å². The van der Waals surface area contributed by atoms with Gasteiger partial charge in [-0.25, -0.2) is 10.2 Å². The molecule has 0 heterocycles. The molecular formula is C6H12N4O2. The van der Waals surface area contributed by atoms with Crippen LogP contribution in [0.3, 0.4) is 0 Å². The van der Waals surface area contributed by atoms with Crippen molar-refractivity contribution in [3.05, 3.63) is 10.4 Å². The lowest BCUT2D eigenvalue weighted by atomic mass is 10.1. The molecular weight excluding hydrogens is 160 g/mol. The Kier molecular flexibility index (Phi) is 5.55. The minimum Gasteiger partial charge on any atom is -0.478 e. The Balaban J connectivity index is 3.86. The molecule has 6 heteroatoms. The van der Waals surface area contributed by atoms with E-state index in [4.69, 9.17) is 10.6 Å². The summed E-state index contributed by atoms with van der Waals surface area (Å²) in [5, 5.41) is 11.6. The van der Waals surface area contributed by atoms with Crippen molar-refractivity contribution in [2.75, 3.05) is 0 Å². The van der Waals surface area contributed by atoms with E-state index in [1.807, 2.05) is 6.92 Å². The molecule has 0 aromatic carbocycles. The van der Waals surface area contributed by atoms with Gasteiger partial charge in [-0.1, -0.05) is 13.3 Å². The van der Waals surface area contributed by atoms with E-state index in [1.165, 1.54) is 0 Å². The Labute approximate surface area is 70.2 Å². The fourth-order valence-corrected chi connectivity index (χ4v) is 0.747. The van der Waals surface area contributed by atoms with Crippen molar-refractivity contribution in [2.24, 2.45) is 5.22 Å². The molecule has 12 heavy (non-hydrogen) atoms. The maximum absolute atomic E-state index is 10.5. The Morgan fingerprint density at radius 2 is 2.50 bits per heavy atom. The number of nitrogens with zero attached hydrogens (tertiary/aromatic N) is 3. The van der Waals surface area contributed by atoms with Gasteiger partial charge in [-0.2, -0.15) is 4.91 Å². The summed E-state index contributed by atoms with van der Waals surface area (Å²) in [6, 6.07) is -0.763. The highest BCUT2D eigenvalue weighted by molar-refractivity contribution is 5.73. The monoisotopic (exact) mass is 172 g/mol. The van der Waals surface area contributed by atoms with Crippen LogP contribution in [0.2, 0.25) is 0 Å². The predicted molar refractivity (Wildman–Crippen MR) is 43.2 cm³/mol. The minimum atomic E-state index is -0.990. The van der Waals surface area contributed by atoms with Gasteiger partial charge in [-0.3, -0.25) is 0 Å². The Hall–Kier alpha value is -1.42. The highest BCUT2D eigenvalue weighted by Crippen LogP contribution is 2.00. The molecule has 0 aliphatic rings. The second-order valence-electron chi connectivity index (χ2n) is 2.35. The summed E-state index contributed by atoms with van der Waals surface area (Å²) >= 11 is 0. The van der Waals surface area contributed by atoms with Gasteiger partial charge in [-0.05, 0) is 18.1 Å². The van der Waals surface area contributed by atoms with Crippen LogP contribution in [0.15, 0.2) is 5.22 Å². The predicted octanol–water partition coefficient (Wildman–Crippen LogP) is 1.44. The average Bonchev–Trinajstić information content (AvgIpc) is 2.04. The quantitative estimate of drug-likeness (QED) is 0.274. The van der Waals surface area contributed by atoms with E-state index in [0.29, 0.717) is 6.42 Å². The molecule has 1 unspecified atom stereocenters.